The van der Waals surface area contributed by atoms with E-state index in [0.717, 1.165) is 24.1 Å². The highest BCUT2D eigenvalue weighted by atomic mass is 19.1. The highest BCUT2D eigenvalue weighted by molar-refractivity contribution is 5.32. The Kier molecular flexibility index (Phi) is 2.55. The van der Waals surface area contributed by atoms with Crippen LogP contribution in [0.3, 0.4) is 0 Å². The minimum atomic E-state index is -1.15. The largest absolute Gasteiger partial charge is 0.313 e. The van der Waals surface area contributed by atoms with Crippen molar-refractivity contribution in [2.75, 3.05) is 13.1 Å². The molecular weight excluding hydrogens is 177 g/mol. The molecule has 1 unspecified atom stereocenters. The maximum absolute atomic E-state index is 14.5. The highest BCUT2D eigenvalue weighted by Gasteiger charge is 2.34. The van der Waals surface area contributed by atoms with E-state index >= 15 is 0 Å². The molecule has 1 aromatic carbocycles. The van der Waals surface area contributed by atoms with Gasteiger partial charge in [0.1, 0.15) is 5.67 Å². The van der Waals surface area contributed by atoms with E-state index in [1.807, 2.05) is 31.2 Å². The van der Waals surface area contributed by atoms with Crippen LogP contribution in [0, 0.1) is 6.92 Å². The molecule has 0 aliphatic carbocycles. The van der Waals surface area contributed by atoms with E-state index in [2.05, 4.69) is 5.32 Å². The first-order valence-corrected chi connectivity index (χ1v) is 5.18. The van der Waals surface area contributed by atoms with E-state index in [4.69, 9.17) is 0 Å². The van der Waals surface area contributed by atoms with E-state index in [-0.39, 0.29) is 0 Å². The number of hydrogen-bond donors (Lipinski definition) is 1. The number of hydrogen-bond acceptors (Lipinski definition) is 1. The van der Waals surface area contributed by atoms with Gasteiger partial charge in [0.25, 0.3) is 0 Å². The smallest absolute Gasteiger partial charge is 0.148 e. The van der Waals surface area contributed by atoms with Crippen molar-refractivity contribution in [3.05, 3.63) is 35.4 Å². The van der Waals surface area contributed by atoms with Crippen LogP contribution in [0.5, 0.6) is 0 Å². The minimum Gasteiger partial charge on any atom is -0.313 e. The summed E-state index contributed by atoms with van der Waals surface area (Å²) in [5.74, 6) is 0. The third kappa shape index (κ3) is 1.67. The van der Waals surface area contributed by atoms with Gasteiger partial charge in [-0.05, 0) is 37.4 Å². The van der Waals surface area contributed by atoms with E-state index in [9.17, 15) is 4.39 Å². The quantitative estimate of drug-likeness (QED) is 0.722. The summed E-state index contributed by atoms with van der Waals surface area (Å²) in [6.45, 7) is 3.38. The van der Waals surface area contributed by atoms with Crippen LogP contribution in [-0.2, 0) is 5.67 Å². The molecular formula is C12H16FN. The van der Waals surface area contributed by atoms with Crippen molar-refractivity contribution < 1.29 is 4.39 Å². The second-order valence-electron chi connectivity index (χ2n) is 4.06. The third-order valence-corrected chi connectivity index (χ3v) is 2.96. The van der Waals surface area contributed by atoms with Crippen LogP contribution in [-0.4, -0.2) is 13.1 Å². The number of rotatable bonds is 1. The maximum atomic E-state index is 14.5. The van der Waals surface area contributed by atoms with Gasteiger partial charge in [0.15, 0.2) is 0 Å². The monoisotopic (exact) mass is 193 g/mol. The van der Waals surface area contributed by atoms with Gasteiger partial charge < -0.3 is 5.32 Å². The van der Waals surface area contributed by atoms with Crippen molar-refractivity contribution in [3.63, 3.8) is 0 Å². The Bertz CT molecular complexity index is 316. The lowest BCUT2D eigenvalue weighted by Gasteiger charge is -2.31. The fourth-order valence-corrected chi connectivity index (χ4v) is 2.17. The van der Waals surface area contributed by atoms with Crippen molar-refractivity contribution in [2.24, 2.45) is 0 Å². The molecule has 1 aliphatic rings. The summed E-state index contributed by atoms with van der Waals surface area (Å²) in [5, 5.41) is 3.13. The normalized spacial score (nSPS) is 27.6. The van der Waals surface area contributed by atoms with Gasteiger partial charge in [-0.1, -0.05) is 24.3 Å². The molecule has 1 aliphatic heterocycles. The summed E-state index contributed by atoms with van der Waals surface area (Å²) in [7, 11) is 0. The van der Waals surface area contributed by atoms with Crippen molar-refractivity contribution in [1.29, 1.82) is 0 Å². The molecule has 1 N–H and O–H groups in total. The summed E-state index contributed by atoms with van der Waals surface area (Å²) in [6.07, 6.45) is 1.57. The SMILES string of the molecule is Cc1ccccc1C1(F)CCCNC1. The van der Waals surface area contributed by atoms with Crippen LogP contribution >= 0.6 is 0 Å². The van der Waals surface area contributed by atoms with Crippen molar-refractivity contribution >= 4 is 0 Å². The van der Waals surface area contributed by atoms with Crippen molar-refractivity contribution in [1.82, 2.24) is 5.32 Å². The first-order valence-electron chi connectivity index (χ1n) is 5.18. The van der Waals surface area contributed by atoms with E-state index < -0.39 is 5.67 Å². The first-order chi connectivity index (χ1) is 6.72. The maximum Gasteiger partial charge on any atom is 0.148 e. The Labute approximate surface area is 84.3 Å². The molecule has 1 fully saturated rings. The summed E-state index contributed by atoms with van der Waals surface area (Å²) in [6, 6.07) is 7.75. The Morgan fingerprint density at radius 3 is 2.79 bits per heavy atom. The lowest BCUT2D eigenvalue weighted by Crippen LogP contribution is -2.40. The molecule has 0 aromatic heterocycles. The number of piperidine rings is 1. The van der Waals surface area contributed by atoms with E-state index in [0.29, 0.717) is 13.0 Å². The third-order valence-electron chi connectivity index (χ3n) is 2.96. The molecule has 0 saturated carbocycles. The van der Waals surface area contributed by atoms with Gasteiger partial charge in [0.05, 0.1) is 0 Å². The number of aryl methyl sites for hydroxylation is 1. The Balaban J connectivity index is 2.32. The van der Waals surface area contributed by atoms with Crippen LogP contribution in [0.15, 0.2) is 24.3 Å². The standard InChI is InChI=1S/C12H16FN/c1-10-5-2-3-6-11(10)12(13)7-4-8-14-9-12/h2-3,5-6,14H,4,7-9H2,1H3. The molecule has 1 nitrogen and oxygen atoms in total. The molecule has 2 heteroatoms. The number of halogens is 1. The predicted octanol–water partition coefficient (Wildman–Crippen LogP) is 2.54. The van der Waals surface area contributed by atoms with Crippen LogP contribution in [0.25, 0.3) is 0 Å². The Morgan fingerprint density at radius 2 is 2.14 bits per heavy atom. The fourth-order valence-electron chi connectivity index (χ4n) is 2.17. The fraction of sp³-hybridized carbons (Fsp3) is 0.500. The van der Waals surface area contributed by atoms with Gasteiger partial charge in [0.2, 0.25) is 0 Å². The predicted molar refractivity (Wildman–Crippen MR) is 56.1 cm³/mol. The van der Waals surface area contributed by atoms with Gasteiger partial charge in [-0.25, -0.2) is 4.39 Å². The molecule has 14 heavy (non-hydrogen) atoms. The van der Waals surface area contributed by atoms with E-state index in [1.54, 1.807) is 0 Å². The van der Waals surface area contributed by atoms with E-state index in [1.165, 1.54) is 0 Å². The molecule has 1 saturated heterocycles. The summed E-state index contributed by atoms with van der Waals surface area (Å²) >= 11 is 0. The molecule has 2 rings (SSSR count). The van der Waals surface area contributed by atoms with Gasteiger partial charge >= 0.3 is 0 Å². The lowest BCUT2D eigenvalue weighted by molar-refractivity contribution is 0.121. The zero-order chi connectivity index (χ0) is 10.0. The average Bonchev–Trinajstić information content (AvgIpc) is 2.19. The topological polar surface area (TPSA) is 12.0 Å². The van der Waals surface area contributed by atoms with Gasteiger partial charge in [-0.3, -0.25) is 0 Å². The molecule has 1 aromatic rings. The highest BCUT2D eigenvalue weighted by Crippen LogP contribution is 2.34. The van der Waals surface area contributed by atoms with Crippen LogP contribution in [0.4, 0.5) is 4.39 Å². The van der Waals surface area contributed by atoms with Crippen molar-refractivity contribution in [2.45, 2.75) is 25.4 Å². The molecule has 1 heterocycles. The average molecular weight is 193 g/mol. The Hall–Kier alpha value is -0.890. The molecule has 0 radical (unpaired) electrons. The molecule has 76 valence electrons. The van der Waals surface area contributed by atoms with Gasteiger partial charge in [-0.2, -0.15) is 0 Å². The first kappa shape index (κ1) is 9.66. The van der Waals surface area contributed by atoms with Crippen LogP contribution < -0.4 is 5.32 Å². The Morgan fingerprint density at radius 1 is 1.36 bits per heavy atom. The zero-order valence-corrected chi connectivity index (χ0v) is 8.52. The number of benzene rings is 1. The molecule has 0 amide bonds. The minimum absolute atomic E-state index is 0.456. The zero-order valence-electron chi connectivity index (χ0n) is 8.52. The van der Waals surface area contributed by atoms with Gasteiger partial charge in [0, 0.05) is 6.54 Å². The summed E-state index contributed by atoms with van der Waals surface area (Å²) < 4.78 is 14.5. The molecule has 0 spiro atoms. The van der Waals surface area contributed by atoms with Crippen LogP contribution in [0.2, 0.25) is 0 Å². The second kappa shape index (κ2) is 3.70. The van der Waals surface area contributed by atoms with Gasteiger partial charge in [-0.15, -0.1) is 0 Å². The molecule has 1 atom stereocenters. The summed E-state index contributed by atoms with van der Waals surface area (Å²) in [5.41, 5.74) is 0.759. The molecule has 0 bridgehead atoms. The van der Waals surface area contributed by atoms with Crippen LogP contribution in [0.1, 0.15) is 24.0 Å². The lowest BCUT2D eigenvalue weighted by atomic mass is 9.86. The number of nitrogens with one attached hydrogen (secondary N) is 1. The second-order valence-corrected chi connectivity index (χ2v) is 4.06. The summed E-state index contributed by atoms with van der Waals surface area (Å²) in [4.78, 5) is 0. The number of alkyl halides is 1. The van der Waals surface area contributed by atoms with Crippen molar-refractivity contribution in [3.8, 4) is 0 Å².